The summed E-state index contributed by atoms with van der Waals surface area (Å²) >= 11 is 11.7. The summed E-state index contributed by atoms with van der Waals surface area (Å²) in [6, 6.07) is 10.5. The van der Waals surface area contributed by atoms with Crippen molar-refractivity contribution in [1.82, 2.24) is 0 Å². The van der Waals surface area contributed by atoms with Crippen molar-refractivity contribution in [3.05, 3.63) is 56.2 Å². The summed E-state index contributed by atoms with van der Waals surface area (Å²) in [6.07, 6.45) is 0.898. The van der Waals surface area contributed by atoms with Gasteiger partial charge in [-0.2, -0.15) is 0 Å². The lowest BCUT2D eigenvalue weighted by atomic mass is 10.1. The van der Waals surface area contributed by atoms with E-state index in [4.69, 9.17) is 11.6 Å². The Labute approximate surface area is 113 Å². The molecule has 0 nitrogen and oxygen atoms in total. The summed E-state index contributed by atoms with van der Waals surface area (Å²) in [5.41, 5.74) is 2.42. The summed E-state index contributed by atoms with van der Waals surface area (Å²) in [4.78, 5) is 1.33. The number of aryl methyl sites for hydroxylation is 1. The van der Waals surface area contributed by atoms with E-state index in [2.05, 4.69) is 58.6 Å². The van der Waals surface area contributed by atoms with Gasteiger partial charge in [0.2, 0.25) is 0 Å². The zero-order valence-electron chi connectivity index (χ0n) is 8.91. The lowest BCUT2D eigenvalue weighted by Crippen LogP contribution is -1.94. The van der Waals surface area contributed by atoms with Crippen LogP contribution in [0.1, 0.15) is 21.4 Å². The van der Waals surface area contributed by atoms with Gasteiger partial charge in [-0.15, -0.1) is 22.9 Å². The van der Waals surface area contributed by atoms with E-state index in [0.29, 0.717) is 0 Å². The minimum Gasteiger partial charge on any atom is -0.149 e. The summed E-state index contributed by atoms with van der Waals surface area (Å²) in [5.74, 6) is 0. The Kier molecular flexibility index (Phi) is 4.06. The molecular formula is C13H12BrClS. The van der Waals surface area contributed by atoms with Crippen LogP contribution in [0.5, 0.6) is 0 Å². The molecular weight excluding hydrogens is 304 g/mol. The third-order valence-electron chi connectivity index (χ3n) is 2.39. The number of halogens is 2. The Morgan fingerprint density at radius 1 is 1.38 bits per heavy atom. The molecule has 1 aromatic carbocycles. The van der Waals surface area contributed by atoms with Gasteiger partial charge in [0.15, 0.2) is 0 Å². The lowest BCUT2D eigenvalue weighted by molar-refractivity contribution is 0.934. The van der Waals surface area contributed by atoms with E-state index >= 15 is 0 Å². The van der Waals surface area contributed by atoms with Crippen LogP contribution in [-0.2, 0) is 6.42 Å². The molecule has 2 rings (SSSR count). The molecule has 1 heterocycles. The van der Waals surface area contributed by atoms with Crippen molar-refractivity contribution in [1.29, 1.82) is 0 Å². The SMILES string of the molecule is Cc1cc(Br)cc(C(Cl)Cc2cccs2)c1. The first-order valence-electron chi connectivity index (χ1n) is 5.08. The summed E-state index contributed by atoms with van der Waals surface area (Å²) < 4.78 is 1.10. The largest absolute Gasteiger partial charge is 0.149 e. The average molecular weight is 316 g/mol. The summed E-state index contributed by atoms with van der Waals surface area (Å²) in [6.45, 7) is 2.09. The van der Waals surface area contributed by atoms with E-state index in [1.165, 1.54) is 16.0 Å². The molecule has 0 aliphatic carbocycles. The third-order valence-corrected chi connectivity index (χ3v) is 4.15. The molecule has 0 bridgehead atoms. The molecule has 0 saturated heterocycles. The van der Waals surface area contributed by atoms with Crippen LogP contribution < -0.4 is 0 Å². The maximum absolute atomic E-state index is 6.43. The van der Waals surface area contributed by atoms with Gasteiger partial charge in [-0.05, 0) is 41.6 Å². The van der Waals surface area contributed by atoms with Crippen molar-refractivity contribution >= 4 is 38.9 Å². The highest BCUT2D eigenvalue weighted by atomic mass is 79.9. The van der Waals surface area contributed by atoms with Gasteiger partial charge in [-0.1, -0.05) is 28.1 Å². The molecule has 16 heavy (non-hydrogen) atoms. The fourth-order valence-corrected chi connectivity index (χ4v) is 3.43. The Morgan fingerprint density at radius 2 is 2.19 bits per heavy atom. The first-order chi connectivity index (χ1) is 7.65. The minimum atomic E-state index is 0.0508. The van der Waals surface area contributed by atoms with Crippen LogP contribution in [0.3, 0.4) is 0 Å². The monoisotopic (exact) mass is 314 g/mol. The quantitative estimate of drug-likeness (QED) is 0.670. The number of rotatable bonds is 3. The molecule has 0 saturated carbocycles. The van der Waals surface area contributed by atoms with E-state index in [-0.39, 0.29) is 5.38 Å². The molecule has 0 spiro atoms. The van der Waals surface area contributed by atoms with Crippen molar-refractivity contribution < 1.29 is 0 Å². The van der Waals surface area contributed by atoms with Gasteiger partial charge in [0.1, 0.15) is 0 Å². The highest BCUT2D eigenvalue weighted by molar-refractivity contribution is 9.10. The van der Waals surface area contributed by atoms with E-state index < -0.39 is 0 Å². The first kappa shape index (κ1) is 12.2. The van der Waals surface area contributed by atoms with Crippen LogP contribution in [0.15, 0.2) is 40.2 Å². The van der Waals surface area contributed by atoms with Crippen molar-refractivity contribution in [3.8, 4) is 0 Å². The van der Waals surface area contributed by atoms with Gasteiger partial charge < -0.3 is 0 Å². The lowest BCUT2D eigenvalue weighted by Gasteiger charge is -2.10. The molecule has 0 aliphatic rings. The zero-order valence-corrected chi connectivity index (χ0v) is 12.1. The molecule has 2 aromatic rings. The predicted molar refractivity (Wildman–Crippen MR) is 75.5 cm³/mol. The molecule has 0 radical (unpaired) electrons. The molecule has 1 atom stereocenters. The van der Waals surface area contributed by atoms with Crippen molar-refractivity contribution in [2.24, 2.45) is 0 Å². The molecule has 3 heteroatoms. The fourth-order valence-electron chi connectivity index (χ4n) is 1.67. The van der Waals surface area contributed by atoms with Gasteiger partial charge in [0.25, 0.3) is 0 Å². The molecule has 84 valence electrons. The van der Waals surface area contributed by atoms with E-state index in [9.17, 15) is 0 Å². The van der Waals surface area contributed by atoms with Gasteiger partial charge in [0, 0.05) is 15.8 Å². The van der Waals surface area contributed by atoms with Gasteiger partial charge in [-0.25, -0.2) is 0 Å². The molecule has 0 aliphatic heterocycles. The number of benzene rings is 1. The Balaban J connectivity index is 2.17. The predicted octanol–water partition coefficient (Wildman–Crippen LogP) is 5.34. The summed E-state index contributed by atoms with van der Waals surface area (Å²) in [5, 5.41) is 2.14. The molecule has 1 unspecified atom stereocenters. The molecule has 1 aromatic heterocycles. The summed E-state index contributed by atoms with van der Waals surface area (Å²) in [7, 11) is 0. The van der Waals surface area contributed by atoms with Crippen LogP contribution in [0, 0.1) is 6.92 Å². The Morgan fingerprint density at radius 3 is 2.81 bits per heavy atom. The molecule has 0 fully saturated rings. The topological polar surface area (TPSA) is 0 Å². The second kappa shape index (κ2) is 5.35. The number of thiophene rings is 1. The van der Waals surface area contributed by atoms with Crippen LogP contribution in [0.2, 0.25) is 0 Å². The number of alkyl halides is 1. The average Bonchev–Trinajstić information content (AvgIpc) is 2.68. The highest BCUT2D eigenvalue weighted by Gasteiger charge is 2.10. The van der Waals surface area contributed by atoms with Crippen molar-refractivity contribution in [2.45, 2.75) is 18.7 Å². The Bertz CT molecular complexity index is 445. The van der Waals surface area contributed by atoms with E-state index in [0.717, 1.165) is 10.9 Å². The van der Waals surface area contributed by atoms with Crippen LogP contribution in [-0.4, -0.2) is 0 Å². The molecule has 0 N–H and O–H groups in total. The second-order valence-corrected chi connectivity index (χ2v) is 6.29. The maximum atomic E-state index is 6.43. The fraction of sp³-hybridized carbons (Fsp3) is 0.231. The van der Waals surface area contributed by atoms with E-state index in [1.807, 2.05) is 0 Å². The van der Waals surface area contributed by atoms with Gasteiger partial charge in [-0.3, -0.25) is 0 Å². The first-order valence-corrected chi connectivity index (χ1v) is 7.19. The van der Waals surface area contributed by atoms with Crippen molar-refractivity contribution in [3.63, 3.8) is 0 Å². The highest BCUT2D eigenvalue weighted by Crippen LogP contribution is 2.29. The van der Waals surface area contributed by atoms with Crippen LogP contribution in [0.25, 0.3) is 0 Å². The van der Waals surface area contributed by atoms with E-state index in [1.54, 1.807) is 11.3 Å². The zero-order chi connectivity index (χ0) is 11.5. The van der Waals surface area contributed by atoms with Crippen LogP contribution >= 0.6 is 38.9 Å². The van der Waals surface area contributed by atoms with Crippen molar-refractivity contribution in [2.75, 3.05) is 0 Å². The third kappa shape index (κ3) is 3.09. The van der Waals surface area contributed by atoms with Gasteiger partial charge in [0.05, 0.1) is 5.38 Å². The van der Waals surface area contributed by atoms with Crippen LogP contribution in [0.4, 0.5) is 0 Å². The number of hydrogen-bond acceptors (Lipinski definition) is 1. The number of hydrogen-bond donors (Lipinski definition) is 0. The molecule has 0 amide bonds. The maximum Gasteiger partial charge on any atom is 0.0633 e. The normalized spacial score (nSPS) is 12.7. The smallest absolute Gasteiger partial charge is 0.0633 e. The Hall–Kier alpha value is -0.310. The standard InChI is InChI=1S/C13H12BrClS/c1-9-5-10(7-11(14)6-9)13(15)8-12-3-2-4-16-12/h2-7,13H,8H2,1H3. The van der Waals surface area contributed by atoms with Gasteiger partial charge >= 0.3 is 0 Å². The minimum absolute atomic E-state index is 0.0508. The second-order valence-electron chi connectivity index (χ2n) is 3.81.